The zero-order valence-electron chi connectivity index (χ0n) is 13.0. The van der Waals surface area contributed by atoms with E-state index in [1.54, 1.807) is 11.8 Å². The third-order valence-corrected chi connectivity index (χ3v) is 5.45. The second-order valence-corrected chi connectivity index (χ2v) is 7.50. The first-order valence-electron chi connectivity index (χ1n) is 7.28. The standard InChI is InChI=1S/C16H23ClN2OS/c1-5-16(3)15(20)19(10-11(2)21-4)14(18-16)12-6-8-13(17)9-7-12/h6-9,11,14,18H,5,10H2,1-4H3. The lowest BCUT2D eigenvalue weighted by molar-refractivity contribution is -0.133. The van der Waals surface area contributed by atoms with Crippen molar-refractivity contribution >= 4 is 29.3 Å². The van der Waals surface area contributed by atoms with Gasteiger partial charge in [-0.25, -0.2) is 0 Å². The lowest BCUT2D eigenvalue weighted by Crippen LogP contribution is -2.43. The molecule has 0 saturated carbocycles. The van der Waals surface area contributed by atoms with Crippen molar-refractivity contribution in [3.8, 4) is 0 Å². The van der Waals surface area contributed by atoms with Gasteiger partial charge in [0.2, 0.25) is 5.91 Å². The Balaban J connectivity index is 2.31. The number of halogens is 1. The van der Waals surface area contributed by atoms with E-state index < -0.39 is 5.54 Å². The summed E-state index contributed by atoms with van der Waals surface area (Å²) in [6.45, 7) is 6.93. The van der Waals surface area contributed by atoms with E-state index in [1.165, 1.54) is 0 Å². The average Bonchev–Trinajstić information content (AvgIpc) is 2.73. The Hall–Kier alpha value is -0.710. The summed E-state index contributed by atoms with van der Waals surface area (Å²) in [4.78, 5) is 14.8. The van der Waals surface area contributed by atoms with E-state index in [9.17, 15) is 4.79 Å². The Morgan fingerprint density at radius 1 is 1.43 bits per heavy atom. The van der Waals surface area contributed by atoms with Crippen LogP contribution in [-0.4, -0.2) is 34.4 Å². The van der Waals surface area contributed by atoms with Crippen LogP contribution < -0.4 is 5.32 Å². The van der Waals surface area contributed by atoms with Crippen molar-refractivity contribution in [2.45, 2.75) is 44.1 Å². The van der Waals surface area contributed by atoms with Crippen LogP contribution in [0.15, 0.2) is 24.3 Å². The molecule has 21 heavy (non-hydrogen) atoms. The molecule has 1 aromatic carbocycles. The highest BCUT2D eigenvalue weighted by molar-refractivity contribution is 7.99. The number of rotatable bonds is 5. The molecular weight excluding hydrogens is 304 g/mol. The van der Waals surface area contributed by atoms with Crippen molar-refractivity contribution < 1.29 is 4.79 Å². The summed E-state index contributed by atoms with van der Waals surface area (Å²) >= 11 is 7.75. The van der Waals surface area contributed by atoms with Gasteiger partial charge in [-0.15, -0.1) is 0 Å². The smallest absolute Gasteiger partial charge is 0.244 e. The third kappa shape index (κ3) is 3.38. The minimum atomic E-state index is -0.484. The maximum atomic E-state index is 12.8. The predicted octanol–water partition coefficient (Wildman–Crippen LogP) is 3.69. The molecule has 1 heterocycles. The lowest BCUT2D eigenvalue weighted by Gasteiger charge is -2.27. The summed E-state index contributed by atoms with van der Waals surface area (Å²) in [7, 11) is 0. The first-order valence-corrected chi connectivity index (χ1v) is 8.95. The van der Waals surface area contributed by atoms with Crippen LogP contribution in [0, 0.1) is 0 Å². The fourth-order valence-corrected chi connectivity index (χ4v) is 3.01. The number of thioether (sulfide) groups is 1. The molecule has 1 fully saturated rings. The molecule has 1 amide bonds. The second-order valence-electron chi connectivity index (χ2n) is 5.79. The number of amides is 1. The van der Waals surface area contributed by atoms with Gasteiger partial charge in [0, 0.05) is 16.8 Å². The summed E-state index contributed by atoms with van der Waals surface area (Å²) in [6, 6.07) is 7.73. The fraction of sp³-hybridized carbons (Fsp3) is 0.562. The monoisotopic (exact) mass is 326 g/mol. The lowest BCUT2D eigenvalue weighted by atomic mass is 9.99. The van der Waals surface area contributed by atoms with Gasteiger partial charge in [0.15, 0.2) is 0 Å². The first kappa shape index (κ1) is 16.7. The van der Waals surface area contributed by atoms with Gasteiger partial charge < -0.3 is 4.90 Å². The van der Waals surface area contributed by atoms with Crippen LogP contribution >= 0.6 is 23.4 Å². The molecule has 0 spiro atoms. The van der Waals surface area contributed by atoms with E-state index in [0.717, 1.165) is 18.5 Å². The molecule has 0 aromatic heterocycles. The Morgan fingerprint density at radius 2 is 2.05 bits per heavy atom. The molecule has 0 bridgehead atoms. The van der Waals surface area contributed by atoms with Gasteiger partial charge in [-0.2, -0.15) is 11.8 Å². The number of nitrogens with zero attached hydrogens (tertiary/aromatic N) is 1. The quantitative estimate of drug-likeness (QED) is 0.895. The van der Waals surface area contributed by atoms with Crippen LogP contribution in [0.4, 0.5) is 0 Å². The number of hydrogen-bond donors (Lipinski definition) is 1. The molecular formula is C16H23ClN2OS. The molecule has 1 aliphatic heterocycles. The Bertz CT molecular complexity index is 508. The van der Waals surface area contributed by atoms with Crippen LogP contribution in [0.1, 0.15) is 38.9 Å². The van der Waals surface area contributed by atoms with Gasteiger partial charge in [-0.05, 0) is 37.3 Å². The molecule has 3 nitrogen and oxygen atoms in total. The van der Waals surface area contributed by atoms with E-state index in [0.29, 0.717) is 10.3 Å². The van der Waals surface area contributed by atoms with E-state index >= 15 is 0 Å². The number of carbonyl (C=O) groups is 1. The molecule has 5 heteroatoms. The van der Waals surface area contributed by atoms with Crippen LogP contribution in [-0.2, 0) is 4.79 Å². The van der Waals surface area contributed by atoms with Crippen molar-refractivity contribution in [2.75, 3.05) is 12.8 Å². The van der Waals surface area contributed by atoms with Crippen molar-refractivity contribution in [1.82, 2.24) is 10.2 Å². The highest BCUT2D eigenvalue weighted by Gasteiger charge is 2.47. The SMILES string of the molecule is CCC1(C)NC(c2ccc(Cl)cc2)N(CC(C)SC)C1=O. The Labute approximate surface area is 136 Å². The number of hydrogen-bond acceptors (Lipinski definition) is 3. The Morgan fingerprint density at radius 3 is 2.57 bits per heavy atom. The zero-order chi connectivity index (χ0) is 15.6. The van der Waals surface area contributed by atoms with Crippen LogP contribution in [0.25, 0.3) is 0 Å². The van der Waals surface area contributed by atoms with Crippen molar-refractivity contribution in [1.29, 1.82) is 0 Å². The molecule has 3 atom stereocenters. The highest BCUT2D eigenvalue weighted by atomic mass is 35.5. The van der Waals surface area contributed by atoms with E-state index in [2.05, 4.69) is 18.5 Å². The molecule has 2 rings (SSSR count). The number of benzene rings is 1. The van der Waals surface area contributed by atoms with Gasteiger partial charge in [-0.1, -0.05) is 37.6 Å². The summed E-state index contributed by atoms with van der Waals surface area (Å²) in [6.07, 6.45) is 2.78. The topological polar surface area (TPSA) is 32.3 Å². The molecule has 1 saturated heterocycles. The van der Waals surface area contributed by atoms with Gasteiger partial charge in [-0.3, -0.25) is 10.1 Å². The number of carbonyl (C=O) groups excluding carboxylic acids is 1. The van der Waals surface area contributed by atoms with Crippen molar-refractivity contribution in [3.63, 3.8) is 0 Å². The largest absolute Gasteiger partial charge is 0.320 e. The number of nitrogens with one attached hydrogen (secondary N) is 1. The Kier molecular flexibility index (Phi) is 5.23. The normalized spacial score (nSPS) is 27.2. The average molecular weight is 327 g/mol. The summed E-state index contributed by atoms with van der Waals surface area (Å²) in [5.74, 6) is 0.186. The minimum Gasteiger partial charge on any atom is -0.320 e. The van der Waals surface area contributed by atoms with Gasteiger partial charge in [0.1, 0.15) is 6.17 Å². The molecule has 0 radical (unpaired) electrons. The third-order valence-electron chi connectivity index (χ3n) is 4.25. The van der Waals surface area contributed by atoms with E-state index in [-0.39, 0.29) is 12.1 Å². The highest BCUT2D eigenvalue weighted by Crippen LogP contribution is 2.33. The summed E-state index contributed by atoms with van der Waals surface area (Å²) in [5, 5.41) is 4.63. The molecule has 116 valence electrons. The summed E-state index contributed by atoms with van der Waals surface area (Å²) < 4.78 is 0. The summed E-state index contributed by atoms with van der Waals surface area (Å²) in [5.41, 5.74) is 0.598. The van der Waals surface area contributed by atoms with E-state index in [4.69, 9.17) is 11.6 Å². The van der Waals surface area contributed by atoms with Crippen LogP contribution in [0.5, 0.6) is 0 Å². The maximum absolute atomic E-state index is 12.8. The predicted molar refractivity (Wildman–Crippen MR) is 90.7 cm³/mol. The molecule has 1 N–H and O–H groups in total. The van der Waals surface area contributed by atoms with Crippen LogP contribution in [0.3, 0.4) is 0 Å². The first-order chi connectivity index (χ1) is 9.91. The zero-order valence-corrected chi connectivity index (χ0v) is 14.6. The molecule has 1 aromatic rings. The minimum absolute atomic E-state index is 0.0747. The van der Waals surface area contributed by atoms with Gasteiger partial charge in [0.05, 0.1) is 5.54 Å². The molecule has 0 aliphatic carbocycles. The van der Waals surface area contributed by atoms with Gasteiger partial charge >= 0.3 is 0 Å². The molecule has 3 unspecified atom stereocenters. The second kappa shape index (κ2) is 6.59. The molecule has 1 aliphatic rings. The van der Waals surface area contributed by atoms with Crippen molar-refractivity contribution in [3.05, 3.63) is 34.9 Å². The van der Waals surface area contributed by atoms with E-state index in [1.807, 2.05) is 43.0 Å². The maximum Gasteiger partial charge on any atom is 0.244 e. The fourth-order valence-electron chi connectivity index (χ4n) is 2.58. The van der Waals surface area contributed by atoms with Gasteiger partial charge in [0.25, 0.3) is 0 Å². The van der Waals surface area contributed by atoms with Crippen LogP contribution in [0.2, 0.25) is 5.02 Å². The van der Waals surface area contributed by atoms with Crippen molar-refractivity contribution in [2.24, 2.45) is 0 Å².